The minimum Gasteiger partial charge on any atom is -0.467 e. The molecule has 1 atom stereocenters. The number of carbonyl (C=O) groups excluding carboxylic acids is 2. The molecule has 3 aromatic rings. The maximum Gasteiger partial charge on any atom is 0.416 e. The fraction of sp³-hybridized carbons (Fsp3) is 0.200. The summed E-state index contributed by atoms with van der Waals surface area (Å²) in [7, 11) is 1.06. The first-order valence-corrected chi connectivity index (χ1v) is 10.2. The Labute approximate surface area is 196 Å². The second-order valence-electron chi connectivity index (χ2n) is 7.57. The van der Waals surface area contributed by atoms with Gasteiger partial charge in [0.2, 0.25) is 0 Å². The lowest BCUT2D eigenvalue weighted by Crippen LogP contribution is -2.46. The van der Waals surface area contributed by atoms with E-state index in [0.29, 0.717) is 23.3 Å². The van der Waals surface area contributed by atoms with Crippen molar-refractivity contribution in [1.82, 2.24) is 5.32 Å². The molecule has 0 radical (unpaired) electrons. The summed E-state index contributed by atoms with van der Waals surface area (Å²) in [6.07, 6.45) is -10.3. The number of halogens is 6. The van der Waals surface area contributed by atoms with Gasteiger partial charge in [-0.3, -0.25) is 4.79 Å². The van der Waals surface area contributed by atoms with Gasteiger partial charge in [-0.1, -0.05) is 60.7 Å². The van der Waals surface area contributed by atoms with Crippen LogP contribution in [0.2, 0.25) is 0 Å². The van der Waals surface area contributed by atoms with Gasteiger partial charge in [0.1, 0.15) is 6.04 Å². The van der Waals surface area contributed by atoms with Crippen LogP contribution in [0.25, 0.3) is 0 Å². The fourth-order valence-corrected chi connectivity index (χ4v) is 3.61. The summed E-state index contributed by atoms with van der Waals surface area (Å²) in [5, 5.41) is 2.29. The predicted octanol–water partition coefficient (Wildman–Crippen LogP) is 5.83. The molecule has 184 valence electrons. The average molecular weight is 495 g/mol. The van der Waals surface area contributed by atoms with Crippen LogP contribution in [0.4, 0.5) is 26.3 Å². The molecule has 0 aliphatic rings. The Hall–Kier alpha value is -3.82. The van der Waals surface area contributed by atoms with Crippen LogP contribution < -0.4 is 5.32 Å². The number of hydrogen-bond donors (Lipinski definition) is 1. The van der Waals surface area contributed by atoms with Gasteiger partial charge >= 0.3 is 18.3 Å². The molecular formula is C25H19F6NO3. The van der Waals surface area contributed by atoms with Gasteiger partial charge < -0.3 is 10.1 Å². The van der Waals surface area contributed by atoms with E-state index < -0.39 is 52.9 Å². The third kappa shape index (κ3) is 6.20. The Morgan fingerprint density at radius 1 is 0.743 bits per heavy atom. The van der Waals surface area contributed by atoms with Crippen LogP contribution in [0.1, 0.15) is 38.5 Å². The van der Waals surface area contributed by atoms with E-state index in [0.717, 1.165) is 7.11 Å². The van der Waals surface area contributed by atoms with Crippen molar-refractivity contribution in [3.05, 3.63) is 107 Å². The van der Waals surface area contributed by atoms with Crippen molar-refractivity contribution in [2.75, 3.05) is 7.11 Å². The number of rotatable bonds is 6. The molecule has 4 nitrogen and oxygen atoms in total. The molecule has 3 rings (SSSR count). The van der Waals surface area contributed by atoms with Gasteiger partial charge in [-0.05, 0) is 29.3 Å². The van der Waals surface area contributed by atoms with Crippen LogP contribution in [0.15, 0.2) is 78.9 Å². The van der Waals surface area contributed by atoms with Gasteiger partial charge in [-0.25, -0.2) is 4.79 Å². The number of nitrogens with one attached hydrogen (secondary N) is 1. The van der Waals surface area contributed by atoms with Crippen LogP contribution in [-0.2, 0) is 21.9 Å². The Morgan fingerprint density at radius 2 is 1.17 bits per heavy atom. The van der Waals surface area contributed by atoms with Gasteiger partial charge in [-0.15, -0.1) is 0 Å². The summed E-state index contributed by atoms with van der Waals surface area (Å²) >= 11 is 0. The summed E-state index contributed by atoms with van der Waals surface area (Å²) in [4.78, 5) is 25.7. The summed E-state index contributed by atoms with van der Waals surface area (Å²) in [6.45, 7) is 0. The van der Waals surface area contributed by atoms with Crippen LogP contribution >= 0.6 is 0 Å². The molecular weight excluding hydrogens is 476 g/mol. The number of alkyl halides is 6. The van der Waals surface area contributed by atoms with E-state index in [4.69, 9.17) is 4.74 Å². The fourth-order valence-electron chi connectivity index (χ4n) is 3.61. The molecule has 10 heteroatoms. The standard InChI is InChI=1S/C25H19F6NO3/c1-35-23(34)21(20(15-8-4-2-5-9-15)16-10-6-3-7-11-16)32-22(33)17-12-18(24(26,27)28)14-19(13-17)25(29,30)31/h2-14,20-21H,1H3,(H,32,33)/t21-/m1/s1. The number of hydrogen-bond acceptors (Lipinski definition) is 3. The normalized spacial score (nSPS) is 12.8. The molecule has 0 bridgehead atoms. The molecule has 0 unspecified atom stereocenters. The van der Waals surface area contributed by atoms with E-state index in [1.165, 1.54) is 0 Å². The van der Waals surface area contributed by atoms with E-state index in [9.17, 15) is 35.9 Å². The SMILES string of the molecule is COC(=O)[C@H](NC(=O)c1cc(C(F)(F)F)cc(C(F)(F)F)c1)C(c1ccccc1)c1ccccc1. The zero-order valence-corrected chi connectivity index (χ0v) is 18.2. The Bertz CT molecular complexity index is 1110. The number of methoxy groups -OCH3 is 1. The molecule has 0 saturated heterocycles. The first-order valence-electron chi connectivity index (χ1n) is 10.2. The second kappa shape index (κ2) is 10.2. The molecule has 0 spiro atoms. The topological polar surface area (TPSA) is 55.4 Å². The maximum atomic E-state index is 13.2. The molecule has 0 heterocycles. The van der Waals surface area contributed by atoms with Crippen molar-refractivity contribution in [3.63, 3.8) is 0 Å². The number of amides is 1. The third-order valence-corrected chi connectivity index (χ3v) is 5.24. The van der Waals surface area contributed by atoms with Crippen LogP contribution in [0.5, 0.6) is 0 Å². The highest BCUT2D eigenvalue weighted by atomic mass is 19.4. The van der Waals surface area contributed by atoms with Crippen molar-refractivity contribution >= 4 is 11.9 Å². The number of benzene rings is 3. The smallest absolute Gasteiger partial charge is 0.416 e. The first kappa shape index (κ1) is 25.8. The van der Waals surface area contributed by atoms with Crippen LogP contribution in [0, 0.1) is 0 Å². The van der Waals surface area contributed by atoms with Crippen LogP contribution in [-0.4, -0.2) is 25.0 Å². The monoisotopic (exact) mass is 495 g/mol. The van der Waals surface area contributed by atoms with E-state index in [-0.39, 0.29) is 6.07 Å². The first-order chi connectivity index (χ1) is 16.4. The number of ether oxygens (including phenoxy) is 1. The van der Waals surface area contributed by atoms with E-state index >= 15 is 0 Å². The molecule has 1 amide bonds. The van der Waals surface area contributed by atoms with E-state index in [1.54, 1.807) is 60.7 Å². The second-order valence-corrected chi connectivity index (χ2v) is 7.57. The van der Waals surface area contributed by atoms with Crippen molar-refractivity contribution in [2.45, 2.75) is 24.3 Å². The number of carbonyl (C=O) groups is 2. The van der Waals surface area contributed by atoms with Gasteiger partial charge in [-0.2, -0.15) is 26.3 Å². The van der Waals surface area contributed by atoms with Gasteiger partial charge in [0.25, 0.3) is 5.91 Å². The Morgan fingerprint density at radius 3 is 1.54 bits per heavy atom. The highest BCUT2D eigenvalue weighted by Crippen LogP contribution is 2.36. The molecule has 1 N–H and O–H groups in total. The lowest BCUT2D eigenvalue weighted by molar-refractivity contribution is -0.144. The summed E-state index contributed by atoms with van der Waals surface area (Å²) in [6, 6.07) is 15.9. The maximum absolute atomic E-state index is 13.2. The Balaban J connectivity index is 2.09. The van der Waals surface area contributed by atoms with Gasteiger partial charge in [0, 0.05) is 11.5 Å². The summed E-state index contributed by atoms with van der Waals surface area (Å²) < 4.78 is 84.3. The molecule has 0 aromatic heterocycles. The highest BCUT2D eigenvalue weighted by molar-refractivity contribution is 5.97. The molecule has 0 aliphatic carbocycles. The minimum absolute atomic E-state index is 0.0781. The van der Waals surface area contributed by atoms with Gasteiger partial charge in [0.15, 0.2) is 0 Å². The minimum atomic E-state index is -5.13. The largest absolute Gasteiger partial charge is 0.467 e. The van der Waals surface area contributed by atoms with E-state index in [1.807, 2.05) is 0 Å². The lowest BCUT2D eigenvalue weighted by Gasteiger charge is -2.27. The molecule has 0 fully saturated rings. The van der Waals surface area contributed by atoms with Gasteiger partial charge in [0.05, 0.1) is 18.2 Å². The number of esters is 1. The molecule has 35 heavy (non-hydrogen) atoms. The average Bonchev–Trinajstić information content (AvgIpc) is 2.83. The Kier molecular flexibility index (Phi) is 7.52. The zero-order chi connectivity index (χ0) is 25.8. The van der Waals surface area contributed by atoms with Crippen molar-refractivity contribution in [1.29, 1.82) is 0 Å². The van der Waals surface area contributed by atoms with E-state index in [2.05, 4.69) is 5.32 Å². The molecule has 3 aromatic carbocycles. The zero-order valence-electron chi connectivity index (χ0n) is 18.2. The highest BCUT2D eigenvalue weighted by Gasteiger charge is 2.39. The summed E-state index contributed by atoms with van der Waals surface area (Å²) in [5.74, 6) is -3.07. The van der Waals surface area contributed by atoms with Crippen molar-refractivity contribution in [2.24, 2.45) is 0 Å². The lowest BCUT2D eigenvalue weighted by atomic mass is 9.84. The van der Waals surface area contributed by atoms with Crippen LogP contribution in [0.3, 0.4) is 0 Å². The third-order valence-electron chi connectivity index (χ3n) is 5.24. The quantitative estimate of drug-likeness (QED) is 0.346. The van der Waals surface area contributed by atoms with Crippen molar-refractivity contribution < 1.29 is 40.7 Å². The predicted molar refractivity (Wildman–Crippen MR) is 114 cm³/mol. The van der Waals surface area contributed by atoms with Crippen molar-refractivity contribution in [3.8, 4) is 0 Å². The molecule has 0 saturated carbocycles. The summed E-state index contributed by atoms with van der Waals surface area (Å²) in [5.41, 5.74) is -3.06. The molecule has 0 aliphatic heterocycles.